The Morgan fingerprint density at radius 2 is 2.14 bits per heavy atom. The largest absolute Gasteiger partial charge is 0.361 e. The van der Waals surface area contributed by atoms with Gasteiger partial charge in [0.2, 0.25) is 0 Å². The Morgan fingerprint density at radius 3 is 2.86 bits per heavy atom. The molecular formula is C9H10N4O. The topological polar surface area (TPSA) is 63.8 Å². The van der Waals surface area contributed by atoms with Crippen LogP contribution in [0, 0.1) is 6.92 Å². The third-order valence-electron chi connectivity index (χ3n) is 1.80. The molecule has 2 aromatic rings. The van der Waals surface area contributed by atoms with E-state index in [-0.39, 0.29) is 0 Å². The van der Waals surface area contributed by atoms with Gasteiger partial charge in [-0.1, -0.05) is 5.16 Å². The number of nitrogens with zero attached hydrogens (tertiary/aromatic N) is 3. The van der Waals surface area contributed by atoms with Crippen LogP contribution in [0.3, 0.4) is 0 Å². The van der Waals surface area contributed by atoms with Gasteiger partial charge in [0.25, 0.3) is 0 Å². The SMILES string of the molecule is Cc1nccnc1NCc1ccno1. The van der Waals surface area contributed by atoms with Gasteiger partial charge in [0.1, 0.15) is 5.82 Å². The van der Waals surface area contributed by atoms with Crippen LogP contribution < -0.4 is 5.32 Å². The van der Waals surface area contributed by atoms with Crippen LogP contribution in [0.1, 0.15) is 11.5 Å². The molecule has 0 aliphatic heterocycles. The molecule has 0 aliphatic rings. The van der Waals surface area contributed by atoms with E-state index in [0.29, 0.717) is 6.54 Å². The van der Waals surface area contributed by atoms with Crippen molar-refractivity contribution in [3.63, 3.8) is 0 Å². The van der Waals surface area contributed by atoms with Crippen molar-refractivity contribution in [1.29, 1.82) is 0 Å². The van der Waals surface area contributed by atoms with Crippen molar-refractivity contribution in [2.24, 2.45) is 0 Å². The van der Waals surface area contributed by atoms with Gasteiger partial charge < -0.3 is 9.84 Å². The molecule has 0 spiro atoms. The number of hydrogen-bond acceptors (Lipinski definition) is 5. The highest BCUT2D eigenvalue weighted by atomic mass is 16.5. The molecule has 14 heavy (non-hydrogen) atoms. The first-order chi connectivity index (χ1) is 6.86. The summed E-state index contributed by atoms with van der Waals surface area (Å²) in [6, 6.07) is 1.80. The number of hydrogen-bond donors (Lipinski definition) is 1. The van der Waals surface area contributed by atoms with Crippen molar-refractivity contribution in [3.8, 4) is 0 Å². The number of anilines is 1. The molecule has 0 radical (unpaired) electrons. The van der Waals surface area contributed by atoms with Gasteiger partial charge in [-0.25, -0.2) is 4.98 Å². The predicted octanol–water partition coefficient (Wildman–Crippen LogP) is 1.39. The molecule has 0 aromatic carbocycles. The van der Waals surface area contributed by atoms with Crippen molar-refractivity contribution in [3.05, 3.63) is 36.1 Å². The van der Waals surface area contributed by atoms with Crippen molar-refractivity contribution >= 4 is 5.82 Å². The second-order valence-electron chi connectivity index (χ2n) is 2.82. The number of rotatable bonds is 3. The van der Waals surface area contributed by atoms with Crippen LogP contribution in [-0.4, -0.2) is 15.1 Å². The lowest BCUT2D eigenvalue weighted by atomic mass is 10.4. The van der Waals surface area contributed by atoms with Crippen LogP contribution in [0.25, 0.3) is 0 Å². The van der Waals surface area contributed by atoms with Gasteiger partial charge in [-0.15, -0.1) is 0 Å². The Bertz CT molecular complexity index is 399. The molecule has 0 amide bonds. The zero-order valence-corrected chi connectivity index (χ0v) is 7.77. The standard InChI is InChI=1S/C9H10N4O/c1-7-9(11-5-4-10-7)12-6-8-2-3-13-14-8/h2-5H,6H2,1H3,(H,11,12). The molecular weight excluding hydrogens is 180 g/mol. The Labute approximate surface area is 81.2 Å². The third-order valence-corrected chi connectivity index (χ3v) is 1.80. The summed E-state index contributed by atoms with van der Waals surface area (Å²) in [7, 11) is 0. The highest BCUT2D eigenvalue weighted by Gasteiger charge is 2.00. The maximum absolute atomic E-state index is 4.93. The van der Waals surface area contributed by atoms with E-state index in [4.69, 9.17) is 4.52 Å². The zero-order chi connectivity index (χ0) is 9.80. The van der Waals surface area contributed by atoms with E-state index in [1.807, 2.05) is 6.92 Å². The molecule has 2 rings (SSSR count). The van der Waals surface area contributed by atoms with Gasteiger partial charge in [-0.2, -0.15) is 0 Å². The van der Waals surface area contributed by atoms with Gasteiger partial charge in [0, 0.05) is 18.5 Å². The van der Waals surface area contributed by atoms with Crippen LogP contribution >= 0.6 is 0 Å². The Kier molecular flexibility index (Phi) is 2.40. The van der Waals surface area contributed by atoms with E-state index in [9.17, 15) is 0 Å². The summed E-state index contributed by atoms with van der Waals surface area (Å²) in [5.41, 5.74) is 0.868. The molecule has 0 fully saturated rings. The monoisotopic (exact) mass is 190 g/mol. The second kappa shape index (κ2) is 3.87. The van der Waals surface area contributed by atoms with Crippen LogP contribution in [0.15, 0.2) is 29.2 Å². The number of aromatic nitrogens is 3. The minimum atomic E-state index is 0.569. The van der Waals surface area contributed by atoms with Crippen molar-refractivity contribution in [1.82, 2.24) is 15.1 Å². The summed E-state index contributed by atoms with van der Waals surface area (Å²) in [6.07, 6.45) is 4.92. The normalized spacial score (nSPS) is 10.1. The lowest BCUT2D eigenvalue weighted by Gasteiger charge is -2.04. The van der Waals surface area contributed by atoms with E-state index in [1.165, 1.54) is 0 Å². The zero-order valence-electron chi connectivity index (χ0n) is 7.77. The van der Waals surface area contributed by atoms with Gasteiger partial charge >= 0.3 is 0 Å². The molecule has 0 saturated heterocycles. The summed E-state index contributed by atoms with van der Waals surface area (Å²) in [4.78, 5) is 8.25. The Morgan fingerprint density at radius 1 is 1.29 bits per heavy atom. The molecule has 0 atom stereocenters. The molecule has 2 aromatic heterocycles. The van der Waals surface area contributed by atoms with E-state index in [0.717, 1.165) is 17.3 Å². The Balaban J connectivity index is 2.02. The molecule has 5 heteroatoms. The van der Waals surface area contributed by atoms with Gasteiger partial charge in [-0.05, 0) is 6.92 Å². The molecule has 5 nitrogen and oxygen atoms in total. The highest BCUT2D eigenvalue weighted by molar-refractivity contribution is 5.38. The van der Waals surface area contributed by atoms with Gasteiger partial charge in [-0.3, -0.25) is 4.98 Å². The number of aryl methyl sites for hydroxylation is 1. The molecule has 0 unspecified atom stereocenters. The first kappa shape index (κ1) is 8.68. The van der Waals surface area contributed by atoms with E-state index >= 15 is 0 Å². The van der Waals surface area contributed by atoms with Crippen LogP contribution in [0.5, 0.6) is 0 Å². The van der Waals surface area contributed by atoms with Crippen LogP contribution in [-0.2, 0) is 6.54 Å². The molecule has 1 N–H and O–H groups in total. The summed E-state index contributed by atoms with van der Waals surface area (Å²) in [5, 5.41) is 6.71. The van der Waals surface area contributed by atoms with Crippen molar-refractivity contribution < 1.29 is 4.52 Å². The highest BCUT2D eigenvalue weighted by Crippen LogP contribution is 2.07. The fourth-order valence-electron chi connectivity index (χ4n) is 1.09. The van der Waals surface area contributed by atoms with Crippen LogP contribution in [0.4, 0.5) is 5.82 Å². The quantitative estimate of drug-likeness (QED) is 0.792. The van der Waals surface area contributed by atoms with E-state index in [2.05, 4.69) is 20.4 Å². The van der Waals surface area contributed by atoms with Crippen LogP contribution in [0.2, 0.25) is 0 Å². The lowest BCUT2D eigenvalue weighted by molar-refractivity contribution is 0.388. The first-order valence-corrected chi connectivity index (χ1v) is 4.27. The smallest absolute Gasteiger partial charge is 0.155 e. The van der Waals surface area contributed by atoms with Gasteiger partial charge in [0.05, 0.1) is 18.4 Å². The van der Waals surface area contributed by atoms with E-state index in [1.54, 1.807) is 24.7 Å². The minimum absolute atomic E-state index is 0.569. The predicted molar refractivity (Wildman–Crippen MR) is 50.6 cm³/mol. The van der Waals surface area contributed by atoms with Crippen molar-refractivity contribution in [2.45, 2.75) is 13.5 Å². The molecule has 0 aliphatic carbocycles. The number of nitrogens with one attached hydrogen (secondary N) is 1. The molecule has 0 bridgehead atoms. The third kappa shape index (κ3) is 1.87. The van der Waals surface area contributed by atoms with Crippen molar-refractivity contribution in [2.75, 3.05) is 5.32 Å². The minimum Gasteiger partial charge on any atom is -0.361 e. The fraction of sp³-hybridized carbons (Fsp3) is 0.222. The molecule has 2 heterocycles. The van der Waals surface area contributed by atoms with Gasteiger partial charge in [0.15, 0.2) is 5.76 Å². The first-order valence-electron chi connectivity index (χ1n) is 4.27. The second-order valence-corrected chi connectivity index (χ2v) is 2.82. The summed E-state index contributed by atoms with van der Waals surface area (Å²) in [5.74, 6) is 1.54. The lowest BCUT2D eigenvalue weighted by Crippen LogP contribution is -2.03. The fourth-order valence-corrected chi connectivity index (χ4v) is 1.09. The Hall–Kier alpha value is -1.91. The summed E-state index contributed by atoms with van der Waals surface area (Å²) < 4.78 is 4.93. The van der Waals surface area contributed by atoms with E-state index < -0.39 is 0 Å². The summed E-state index contributed by atoms with van der Waals surface area (Å²) in [6.45, 7) is 2.47. The summed E-state index contributed by atoms with van der Waals surface area (Å²) >= 11 is 0. The average Bonchev–Trinajstić information content (AvgIpc) is 2.69. The average molecular weight is 190 g/mol. The maximum atomic E-state index is 4.93. The molecule has 72 valence electrons. The maximum Gasteiger partial charge on any atom is 0.155 e. The molecule has 0 saturated carbocycles.